The lowest BCUT2D eigenvalue weighted by molar-refractivity contribution is 0.256. The average Bonchev–Trinajstić information content (AvgIpc) is 2.76. The molecule has 5 heteroatoms. The van der Waals surface area contributed by atoms with Crippen molar-refractivity contribution in [2.45, 2.75) is 20.4 Å². The monoisotopic (exact) mass is 223 g/mol. The lowest BCUT2D eigenvalue weighted by Crippen LogP contribution is -2.36. The van der Waals surface area contributed by atoms with E-state index in [-0.39, 0.29) is 11.8 Å². The van der Waals surface area contributed by atoms with Crippen molar-refractivity contribution in [2.24, 2.45) is 11.7 Å². The maximum atomic E-state index is 7.37. The quantitative estimate of drug-likeness (QED) is 0.530. The summed E-state index contributed by atoms with van der Waals surface area (Å²) in [5, 5.41) is 11.5. The zero-order chi connectivity index (χ0) is 12.0. The normalized spacial score (nSPS) is 12.9. The van der Waals surface area contributed by atoms with Crippen LogP contribution in [0.3, 0.4) is 0 Å². The van der Waals surface area contributed by atoms with E-state index in [1.54, 1.807) is 6.20 Å². The molecule has 1 aromatic rings. The van der Waals surface area contributed by atoms with Crippen LogP contribution in [0.4, 0.5) is 0 Å². The van der Waals surface area contributed by atoms with Gasteiger partial charge in [-0.05, 0) is 12.6 Å². The first kappa shape index (κ1) is 12.7. The van der Waals surface area contributed by atoms with Crippen LogP contribution in [-0.4, -0.2) is 40.2 Å². The molecule has 0 aromatic carbocycles. The third-order valence-electron chi connectivity index (χ3n) is 2.71. The largest absolute Gasteiger partial charge is 0.387 e. The van der Waals surface area contributed by atoms with E-state index in [0.29, 0.717) is 0 Å². The molecule has 1 unspecified atom stereocenters. The van der Waals surface area contributed by atoms with Crippen molar-refractivity contribution in [1.29, 1.82) is 5.41 Å². The van der Waals surface area contributed by atoms with Gasteiger partial charge in [0.15, 0.2) is 0 Å². The van der Waals surface area contributed by atoms with E-state index in [2.05, 4.69) is 16.9 Å². The molecule has 5 nitrogen and oxygen atoms in total. The Hall–Kier alpha value is -1.36. The van der Waals surface area contributed by atoms with Gasteiger partial charge in [0.25, 0.3) is 0 Å². The van der Waals surface area contributed by atoms with Crippen LogP contribution >= 0.6 is 0 Å². The van der Waals surface area contributed by atoms with Crippen molar-refractivity contribution < 1.29 is 0 Å². The van der Waals surface area contributed by atoms with Crippen LogP contribution in [0.25, 0.3) is 0 Å². The summed E-state index contributed by atoms with van der Waals surface area (Å²) in [5.74, 6) is 0.384. The summed E-state index contributed by atoms with van der Waals surface area (Å²) >= 11 is 0. The summed E-state index contributed by atoms with van der Waals surface area (Å²) in [4.78, 5) is 2.29. The van der Waals surface area contributed by atoms with Gasteiger partial charge in [-0.1, -0.05) is 13.8 Å². The average molecular weight is 223 g/mol. The molecular weight excluding hydrogens is 202 g/mol. The third-order valence-corrected chi connectivity index (χ3v) is 2.71. The molecule has 0 saturated heterocycles. The minimum absolute atomic E-state index is 0.123. The first-order valence-electron chi connectivity index (χ1n) is 5.67. The van der Waals surface area contributed by atoms with Crippen LogP contribution < -0.4 is 5.73 Å². The number of nitrogens with zero attached hydrogens (tertiary/aromatic N) is 3. The minimum Gasteiger partial charge on any atom is -0.387 e. The molecular formula is C11H21N5. The van der Waals surface area contributed by atoms with E-state index in [1.807, 2.05) is 23.9 Å². The van der Waals surface area contributed by atoms with E-state index in [1.165, 1.54) is 0 Å². The molecule has 0 aliphatic carbocycles. The SMILES string of the molecule is CCN(CCn1cccn1)CC(C)C(=N)N. The fourth-order valence-corrected chi connectivity index (χ4v) is 1.54. The number of hydrogen-bond acceptors (Lipinski definition) is 3. The van der Waals surface area contributed by atoms with Crippen LogP contribution in [-0.2, 0) is 6.54 Å². The zero-order valence-corrected chi connectivity index (χ0v) is 10.1. The van der Waals surface area contributed by atoms with Gasteiger partial charge in [0.05, 0.1) is 12.4 Å². The molecule has 0 saturated carbocycles. The molecule has 3 N–H and O–H groups in total. The Morgan fingerprint density at radius 1 is 1.62 bits per heavy atom. The second kappa shape index (κ2) is 6.27. The third kappa shape index (κ3) is 4.02. The number of rotatable bonds is 7. The molecule has 0 radical (unpaired) electrons. The van der Waals surface area contributed by atoms with E-state index in [4.69, 9.17) is 11.1 Å². The summed E-state index contributed by atoms with van der Waals surface area (Å²) in [5.41, 5.74) is 5.47. The molecule has 0 spiro atoms. The Bertz CT molecular complexity index is 306. The molecule has 1 aromatic heterocycles. The highest BCUT2D eigenvalue weighted by Crippen LogP contribution is 2.00. The topological polar surface area (TPSA) is 70.9 Å². The number of likely N-dealkylation sites (N-methyl/N-ethyl adjacent to an activating group) is 1. The van der Waals surface area contributed by atoms with Crippen LogP contribution in [0, 0.1) is 11.3 Å². The molecule has 1 atom stereocenters. The number of hydrogen-bond donors (Lipinski definition) is 2. The van der Waals surface area contributed by atoms with Gasteiger partial charge in [0.2, 0.25) is 0 Å². The first-order chi connectivity index (χ1) is 7.63. The van der Waals surface area contributed by atoms with Crippen molar-refractivity contribution in [1.82, 2.24) is 14.7 Å². The van der Waals surface area contributed by atoms with Gasteiger partial charge in [-0.15, -0.1) is 0 Å². The second-order valence-corrected chi connectivity index (χ2v) is 4.02. The summed E-state index contributed by atoms with van der Waals surface area (Å²) in [6, 6.07) is 1.93. The van der Waals surface area contributed by atoms with Gasteiger partial charge >= 0.3 is 0 Å². The summed E-state index contributed by atoms with van der Waals surface area (Å²) < 4.78 is 1.92. The van der Waals surface area contributed by atoms with Gasteiger partial charge in [-0.3, -0.25) is 10.1 Å². The highest BCUT2D eigenvalue weighted by atomic mass is 15.3. The maximum absolute atomic E-state index is 7.37. The zero-order valence-electron chi connectivity index (χ0n) is 10.1. The van der Waals surface area contributed by atoms with Gasteiger partial charge in [-0.25, -0.2) is 0 Å². The Kier molecular flexibility index (Phi) is 4.98. The smallest absolute Gasteiger partial charge is 0.0947 e. The van der Waals surface area contributed by atoms with E-state index < -0.39 is 0 Å². The lowest BCUT2D eigenvalue weighted by atomic mass is 10.1. The van der Waals surface area contributed by atoms with Gasteiger partial charge < -0.3 is 10.6 Å². The second-order valence-electron chi connectivity index (χ2n) is 4.02. The summed E-state index contributed by atoms with van der Waals surface area (Å²) in [7, 11) is 0. The Morgan fingerprint density at radius 2 is 2.38 bits per heavy atom. The Labute approximate surface area is 96.7 Å². The minimum atomic E-state index is 0.123. The Morgan fingerprint density at radius 3 is 2.88 bits per heavy atom. The van der Waals surface area contributed by atoms with E-state index in [9.17, 15) is 0 Å². The van der Waals surface area contributed by atoms with Gasteiger partial charge in [0, 0.05) is 31.4 Å². The standard InChI is InChI=1S/C11H21N5/c1-3-15(9-10(2)11(12)13)7-8-16-6-4-5-14-16/h4-6,10H,3,7-9H2,1-2H3,(H3,12,13). The molecule has 0 aliphatic rings. The first-order valence-corrected chi connectivity index (χ1v) is 5.67. The van der Waals surface area contributed by atoms with Crippen LogP contribution in [0.1, 0.15) is 13.8 Å². The van der Waals surface area contributed by atoms with E-state index >= 15 is 0 Å². The van der Waals surface area contributed by atoms with Crippen LogP contribution in [0.5, 0.6) is 0 Å². The molecule has 0 bridgehead atoms. The van der Waals surface area contributed by atoms with Crippen molar-refractivity contribution in [3.63, 3.8) is 0 Å². The maximum Gasteiger partial charge on any atom is 0.0947 e. The molecule has 1 heterocycles. The predicted molar refractivity (Wildman–Crippen MR) is 65.4 cm³/mol. The number of amidine groups is 1. The number of nitrogens with one attached hydrogen (secondary N) is 1. The highest BCUT2D eigenvalue weighted by Gasteiger charge is 2.10. The van der Waals surface area contributed by atoms with Crippen molar-refractivity contribution in [3.8, 4) is 0 Å². The summed E-state index contributed by atoms with van der Waals surface area (Å²) in [6.07, 6.45) is 3.75. The molecule has 16 heavy (non-hydrogen) atoms. The lowest BCUT2D eigenvalue weighted by Gasteiger charge is -2.23. The molecule has 90 valence electrons. The van der Waals surface area contributed by atoms with Crippen molar-refractivity contribution in [2.75, 3.05) is 19.6 Å². The van der Waals surface area contributed by atoms with E-state index in [0.717, 1.165) is 26.2 Å². The highest BCUT2D eigenvalue weighted by molar-refractivity contribution is 5.79. The molecule has 1 rings (SSSR count). The van der Waals surface area contributed by atoms with Crippen molar-refractivity contribution in [3.05, 3.63) is 18.5 Å². The van der Waals surface area contributed by atoms with Crippen LogP contribution in [0.2, 0.25) is 0 Å². The molecule has 0 amide bonds. The molecule has 0 aliphatic heterocycles. The Balaban J connectivity index is 2.34. The number of aromatic nitrogens is 2. The molecule has 0 fully saturated rings. The number of nitrogens with two attached hydrogens (primary N) is 1. The fraction of sp³-hybridized carbons (Fsp3) is 0.636. The summed E-state index contributed by atoms with van der Waals surface area (Å²) in [6.45, 7) is 7.74. The van der Waals surface area contributed by atoms with Gasteiger partial charge in [-0.2, -0.15) is 5.10 Å². The van der Waals surface area contributed by atoms with Crippen LogP contribution in [0.15, 0.2) is 18.5 Å². The van der Waals surface area contributed by atoms with Crippen molar-refractivity contribution >= 4 is 5.84 Å². The fourth-order valence-electron chi connectivity index (χ4n) is 1.54. The predicted octanol–water partition coefficient (Wildman–Crippen LogP) is 0.777. The van der Waals surface area contributed by atoms with Gasteiger partial charge in [0.1, 0.15) is 0 Å².